The highest BCUT2D eigenvalue weighted by Crippen LogP contribution is 2.37. The van der Waals surface area contributed by atoms with E-state index in [9.17, 15) is 22.7 Å². The van der Waals surface area contributed by atoms with Crippen molar-refractivity contribution in [2.75, 3.05) is 23.7 Å². The summed E-state index contributed by atoms with van der Waals surface area (Å²) in [5, 5.41) is 10.5. The molecule has 0 atom stereocenters. The van der Waals surface area contributed by atoms with E-state index in [4.69, 9.17) is 23.2 Å². The third-order valence-electron chi connectivity index (χ3n) is 5.75. The third-order valence-corrected chi connectivity index (χ3v) is 7.48. The second-order valence-electron chi connectivity index (χ2n) is 8.14. The number of anilines is 1. The van der Waals surface area contributed by atoms with Crippen molar-refractivity contribution < 1.29 is 22.7 Å². The zero-order valence-corrected chi connectivity index (χ0v) is 20.4. The molecule has 0 spiro atoms. The minimum Gasteiger partial charge on any atom is -0.478 e. The van der Waals surface area contributed by atoms with Crippen molar-refractivity contribution in [3.63, 3.8) is 0 Å². The molecule has 6 nitrogen and oxygen atoms in total. The van der Waals surface area contributed by atoms with E-state index in [-0.39, 0.29) is 11.7 Å². The molecular weight excluding hydrogens is 502 g/mol. The van der Waals surface area contributed by atoms with Gasteiger partial charge in [-0.2, -0.15) is 0 Å². The van der Waals surface area contributed by atoms with Crippen LogP contribution in [-0.2, 0) is 10.0 Å². The van der Waals surface area contributed by atoms with Crippen molar-refractivity contribution in [2.45, 2.75) is 12.1 Å². The van der Waals surface area contributed by atoms with Gasteiger partial charge < -0.3 is 5.11 Å². The maximum Gasteiger partial charge on any atom is 0.338 e. The molecule has 10 heteroatoms. The van der Waals surface area contributed by atoms with Crippen molar-refractivity contribution in [3.05, 3.63) is 99.3 Å². The van der Waals surface area contributed by atoms with Crippen LogP contribution in [0.3, 0.4) is 0 Å². The molecule has 0 aromatic heterocycles. The lowest BCUT2D eigenvalue weighted by molar-refractivity contribution is 0.0691. The van der Waals surface area contributed by atoms with Gasteiger partial charge in [0.25, 0.3) is 0 Å². The normalized spacial score (nSPS) is 14.7. The van der Waals surface area contributed by atoms with Crippen LogP contribution in [0.25, 0.3) is 0 Å². The van der Waals surface area contributed by atoms with Crippen LogP contribution in [0.2, 0.25) is 10.0 Å². The molecular formula is C24H21Cl2FN2O4S. The zero-order valence-electron chi connectivity index (χ0n) is 18.0. The summed E-state index contributed by atoms with van der Waals surface area (Å²) in [5.74, 6) is -2.39. The lowest BCUT2D eigenvalue weighted by Gasteiger charge is -2.48. The largest absolute Gasteiger partial charge is 0.478 e. The number of likely N-dealkylation sites (tertiary alicyclic amines) is 1. The molecule has 1 aliphatic heterocycles. The maximum atomic E-state index is 13.9. The van der Waals surface area contributed by atoms with E-state index in [0.29, 0.717) is 23.1 Å². The lowest BCUT2D eigenvalue weighted by Crippen LogP contribution is -2.61. The fraction of sp³-hybridized carbons (Fsp3) is 0.208. The van der Waals surface area contributed by atoms with Crippen LogP contribution in [0.15, 0.2) is 66.7 Å². The van der Waals surface area contributed by atoms with Crippen molar-refractivity contribution in [3.8, 4) is 0 Å². The highest BCUT2D eigenvalue weighted by atomic mass is 35.5. The average Bonchev–Trinajstić information content (AvgIpc) is 2.74. The average molecular weight is 523 g/mol. The van der Waals surface area contributed by atoms with Gasteiger partial charge in [0, 0.05) is 23.1 Å². The Morgan fingerprint density at radius 2 is 1.50 bits per heavy atom. The highest BCUT2D eigenvalue weighted by Gasteiger charge is 2.41. The summed E-state index contributed by atoms with van der Waals surface area (Å²) in [7, 11) is -3.77. The van der Waals surface area contributed by atoms with E-state index < -0.39 is 33.4 Å². The van der Waals surface area contributed by atoms with Crippen molar-refractivity contribution in [2.24, 2.45) is 0 Å². The standard InChI is InChI=1S/C24H21Cl2FN2O4S/c1-34(32,33)29(19-10-11-22(27)21(12-19)24(30)31)20-13-28(14-20)23(15-2-6-17(25)7-3-15)16-4-8-18(26)9-5-16/h2-12,20,23H,13-14H2,1H3,(H,30,31). The molecule has 1 heterocycles. The first kappa shape index (κ1) is 24.5. The molecule has 0 saturated carbocycles. The Labute approximate surface area is 207 Å². The highest BCUT2D eigenvalue weighted by molar-refractivity contribution is 7.92. The van der Waals surface area contributed by atoms with Gasteiger partial charge in [-0.3, -0.25) is 9.21 Å². The number of nitrogens with zero attached hydrogens (tertiary/aromatic N) is 2. The van der Waals surface area contributed by atoms with Crippen LogP contribution < -0.4 is 4.31 Å². The number of benzene rings is 3. The van der Waals surface area contributed by atoms with Crippen molar-refractivity contribution in [1.82, 2.24) is 4.90 Å². The molecule has 1 N–H and O–H groups in total. The molecule has 178 valence electrons. The third kappa shape index (κ3) is 5.05. The summed E-state index contributed by atoms with van der Waals surface area (Å²) in [5.41, 5.74) is 1.49. The Morgan fingerprint density at radius 3 is 1.94 bits per heavy atom. The second kappa shape index (κ2) is 9.54. The Hall–Kier alpha value is -2.65. The van der Waals surface area contributed by atoms with Gasteiger partial charge in [0.05, 0.1) is 29.6 Å². The summed E-state index contributed by atoms with van der Waals surface area (Å²) in [6.07, 6.45) is 1.05. The fourth-order valence-corrected chi connectivity index (χ4v) is 5.66. The van der Waals surface area contributed by atoms with Gasteiger partial charge in [-0.1, -0.05) is 47.5 Å². The van der Waals surface area contributed by atoms with E-state index in [0.717, 1.165) is 33.8 Å². The van der Waals surface area contributed by atoms with Crippen LogP contribution >= 0.6 is 23.2 Å². The quantitative estimate of drug-likeness (QED) is 0.468. The monoisotopic (exact) mass is 522 g/mol. The molecule has 1 saturated heterocycles. The predicted molar refractivity (Wildman–Crippen MR) is 131 cm³/mol. The van der Waals surface area contributed by atoms with Gasteiger partial charge in [-0.05, 0) is 53.6 Å². The molecule has 3 aromatic rings. The minimum absolute atomic E-state index is 0.112. The van der Waals surface area contributed by atoms with Crippen molar-refractivity contribution in [1.29, 1.82) is 0 Å². The Bertz CT molecular complexity index is 1270. The molecule has 0 aliphatic carbocycles. The van der Waals surface area contributed by atoms with E-state index in [1.54, 1.807) is 24.3 Å². The van der Waals surface area contributed by atoms with Crippen LogP contribution in [-0.4, -0.2) is 49.8 Å². The summed E-state index contributed by atoms with van der Waals surface area (Å²) in [6.45, 7) is 0.755. The smallest absolute Gasteiger partial charge is 0.338 e. The SMILES string of the molecule is CS(=O)(=O)N(c1ccc(F)c(C(=O)O)c1)C1CN(C(c2ccc(Cl)cc2)c2ccc(Cl)cc2)C1. The number of carbonyl (C=O) groups is 1. The van der Waals surface area contributed by atoms with Crippen molar-refractivity contribution >= 4 is 44.9 Å². The summed E-state index contributed by atoms with van der Waals surface area (Å²) in [4.78, 5) is 13.5. The van der Waals surface area contributed by atoms with E-state index in [1.807, 2.05) is 24.3 Å². The molecule has 3 aromatic carbocycles. The Balaban J connectivity index is 1.65. The number of sulfonamides is 1. The number of rotatable bonds is 7. The topological polar surface area (TPSA) is 77.9 Å². The Kier molecular flexibility index (Phi) is 6.87. The van der Waals surface area contributed by atoms with Crippen LogP contribution in [0.1, 0.15) is 27.5 Å². The molecule has 0 unspecified atom stereocenters. The molecule has 1 fully saturated rings. The fourth-order valence-electron chi connectivity index (χ4n) is 4.24. The van der Waals surface area contributed by atoms with E-state index in [2.05, 4.69) is 4.90 Å². The van der Waals surface area contributed by atoms with Gasteiger partial charge in [-0.25, -0.2) is 17.6 Å². The molecule has 0 amide bonds. The number of hydrogen-bond acceptors (Lipinski definition) is 4. The van der Waals surface area contributed by atoms with Gasteiger partial charge in [0.15, 0.2) is 0 Å². The van der Waals surface area contributed by atoms with Crippen LogP contribution in [0.4, 0.5) is 10.1 Å². The minimum atomic E-state index is -3.77. The van der Waals surface area contributed by atoms with Gasteiger partial charge in [0.2, 0.25) is 10.0 Å². The van der Waals surface area contributed by atoms with Gasteiger partial charge in [0.1, 0.15) is 5.82 Å². The number of carboxylic acids is 1. The van der Waals surface area contributed by atoms with Gasteiger partial charge >= 0.3 is 5.97 Å². The van der Waals surface area contributed by atoms with E-state index >= 15 is 0 Å². The number of carboxylic acid groups (broad SMARTS) is 1. The predicted octanol–water partition coefficient (Wildman–Crippen LogP) is 5.07. The molecule has 0 bridgehead atoms. The second-order valence-corrected chi connectivity index (χ2v) is 10.9. The first-order valence-electron chi connectivity index (χ1n) is 10.3. The number of halogens is 3. The first-order valence-corrected chi connectivity index (χ1v) is 12.9. The lowest BCUT2D eigenvalue weighted by atomic mass is 9.93. The summed E-state index contributed by atoms with van der Waals surface area (Å²) >= 11 is 12.1. The molecule has 1 aliphatic rings. The van der Waals surface area contributed by atoms with Gasteiger partial charge in [-0.15, -0.1) is 0 Å². The number of hydrogen-bond donors (Lipinski definition) is 1. The first-order chi connectivity index (χ1) is 16.0. The summed E-state index contributed by atoms with van der Waals surface area (Å²) in [6, 6.07) is 17.5. The Morgan fingerprint density at radius 1 is 1.00 bits per heavy atom. The molecule has 0 radical (unpaired) electrons. The number of aromatic carboxylic acids is 1. The zero-order chi connectivity index (χ0) is 24.6. The van der Waals surface area contributed by atoms with Crippen LogP contribution in [0.5, 0.6) is 0 Å². The molecule has 4 rings (SSSR count). The maximum absolute atomic E-state index is 13.9. The van der Waals surface area contributed by atoms with Crippen LogP contribution in [0, 0.1) is 5.82 Å². The van der Waals surface area contributed by atoms with E-state index in [1.165, 1.54) is 6.07 Å². The molecule has 34 heavy (non-hydrogen) atoms. The summed E-state index contributed by atoms with van der Waals surface area (Å²) < 4.78 is 40.4.